The highest BCUT2D eigenvalue weighted by Gasteiger charge is 2.19. The molecule has 1 heterocycles. The third kappa shape index (κ3) is 4.57. The number of hydrogen-bond donors (Lipinski definition) is 2. The molecule has 1 atom stereocenters. The second-order valence-electron chi connectivity index (χ2n) is 5.06. The summed E-state index contributed by atoms with van der Waals surface area (Å²) >= 11 is 0. The molecule has 1 fully saturated rings. The third-order valence-corrected chi connectivity index (χ3v) is 3.39. The van der Waals surface area contributed by atoms with Crippen LogP contribution in [0.25, 0.3) is 0 Å². The summed E-state index contributed by atoms with van der Waals surface area (Å²) in [7, 11) is 0. The number of aliphatic carboxylic acids is 1. The minimum absolute atomic E-state index is 0.0915. The van der Waals surface area contributed by atoms with Crippen LogP contribution in [0.1, 0.15) is 24.8 Å². The van der Waals surface area contributed by atoms with Crippen LogP contribution in [0.2, 0.25) is 0 Å². The van der Waals surface area contributed by atoms with Crippen LogP contribution in [-0.4, -0.2) is 30.1 Å². The monoisotopic (exact) mass is 277 g/mol. The molecule has 1 aromatic rings. The van der Waals surface area contributed by atoms with E-state index in [4.69, 9.17) is 9.84 Å². The van der Waals surface area contributed by atoms with Crippen molar-refractivity contribution in [1.29, 1.82) is 0 Å². The van der Waals surface area contributed by atoms with Crippen LogP contribution < -0.4 is 10.1 Å². The van der Waals surface area contributed by atoms with E-state index in [1.807, 2.05) is 24.3 Å². The van der Waals surface area contributed by atoms with Crippen molar-refractivity contribution >= 4 is 11.9 Å². The van der Waals surface area contributed by atoms with Gasteiger partial charge in [0, 0.05) is 25.3 Å². The molecule has 20 heavy (non-hydrogen) atoms. The lowest BCUT2D eigenvalue weighted by Gasteiger charge is -2.22. The number of hydrogen-bond acceptors (Lipinski definition) is 3. The molecule has 5 heteroatoms. The number of benzene rings is 1. The van der Waals surface area contributed by atoms with Crippen molar-refractivity contribution in [3.63, 3.8) is 0 Å². The Morgan fingerprint density at radius 3 is 2.75 bits per heavy atom. The van der Waals surface area contributed by atoms with Crippen molar-refractivity contribution in [3.8, 4) is 5.75 Å². The number of nitrogens with one attached hydrogen (secondary N) is 1. The normalized spacial score (nSPS) is 18.4. The van der Waals surface area contributed by atoms with E-state index in [9.17, 15) is 9.59 Å². The predicted octanol–water partition coefficient (Wildman–Crippen LogP) is 1.61. The van der Waals surface area contributed by atoms with Crippen molar-refractivity contribution in [2.45, 2.75) is 25.7 Å². The minimum atomic E-state index is -0.791. The summed E-state index contributed by atoms with van der Waals surface area (Å²) in [5, 5.41) is 11.4. The standard InChI is InChI=1S/C15H19NO4/c17-14-9-12(7-8-16-14)10-20-13-4-1-11(2-5-13)3-6-15(18)19/h1-2,4-5,12H,3,6-10H2,(H,16,17)(H,18,19). The lowest BCUT2D eigenvalue weighted by molar-refractivity contribution is -0.137. The molecule has 0 radical (unpaired) electrons. The van der Waals surface area contributed by atoms with Gasteiger partial charge in [0.2, 0.25) is 5.91 Å². The van der Waals surface area contributed by atoms with Crippen molar-refractivity contribution in [3.05, 3.63) is 29.8 Å². The van der Waals surface area contributed by atoms with Crippen LogP contribution in [-0.2, 0) is 16.0 Å². The van der Waals surface area contributed by atoms with E-state index in [0.29, 0.717) is 19.4 Å². The molecule has 1 amide bonds. The van der Waals surface area contributed by atoms with Gasteiger partial charge in [-0.1, -0.05) is 12.1 Å². The van der Waals surface area contributed by atoms with Gasteiger partial charge in [-0.25, -0.2) is 0 Å². The summed E-state index contributed by atoms with van der Waals surface area (Å²) in [6.07, 6.45) is 2.13. The van der Waals surface area contributed by atoms with Gasteiger partial charge in [0.1, 0.15) is 5.75 Å². The highest BCUT2D eigenvalue weighted by atomic mass is 16.5. The van der Waals surface area contributed by atoms with Gasteiger partial charge in [0.15, 0.2) is 0 Å². The summed E-state index contributed by atoms with van der Waals surface area (Å²) in [4.78, 5) is 21.7. The minimum Gasteiger partial charge on any atom is -0.493 e. The van der Waals surface area contributed by atoms with Crippen molar-refractivity contribution in [1.82, 2.24) is 5.32 Å². The molecule has 0 aromatic heterocycles. The lowest BCUT2D eigenvalue weighted by Crippen LogP contribution is -2.35. The summed E-state index contributed by atoms with van der Waals surface area (Å²) in [6.45, 7) is 1.27. The summed E-state index contributed by atoms with van der Waals surface area (Å²) < 4.78 is 5.68. The average molecular weight is 277 g/mol. The van der Waals surface area contributed by atoms with Crippen molar-refractivity contribution in [2.75, 3.05) is 13.2 Å². The van der Waals surface area contributed by atoms with Crippen molar-refractivity contribution < 1.29 is 19.4 Å². The Bertz CT molecular complexity index is 469. The molecule has 5 nitrogen and oxygen atoms in total. The number of rotatable bonds is 6. The molecular weight excluding hydrogens is 258 g/mol. The molecule has 1 aromatic carbocycles. The summed E-state index contributed by atoms with van der Waals surface area (Å²) in [5.74, 6) is 0.334. The zero-order chi connectivity index (χ0) is 14.4. The van der Waals surface area contributed by atoms with Crippen LogP contribution in [0.5, 0.6) is 5.75 Å². The van der Waals surface area contributed by atoms with Crippen LogP contribution in [0.4, 0.5) is 0 Å². The number of ether oxygens (including phenoxy) is 1. The molecule has 0 bridgehead atoms. The topological polar surface area (TPSA) is 75.6 Å². The first-order chi connectivity index (χ1) is 9.63. The van der Waals surface area contributed by atoms with Gasteiger partial charge in [0.05, 0.1) is 6.61 Å². The maximum atomic E-state index is 11.2. The second kappa shape index (κ2) is 6.93. The quantitative estimate of drug-likeness (QED) is 0.828. The number of carbonyl (C=O) groups is 2. The third-order valence-electron chi connectivity index (χ3n) is 3.39. The van der Waals surface area contributed by atoms with E-state index < -0.39 is 5.97 Å². The lowest BCUT2D eigenvalue weighted by atomic mass is 9.99. The Morgan fingerprint density at radius 2 is 2.10 bits per heavy atom. The number of carboxylic acids is 1. The highest BCUT2D eigenvalue weighted by molar-refractivity contribution is 5.76. The fourth-order valence-electron chi connectivity index (χ4n) is 2.21. The molecule has 0 saturated carbocycles. The molecule has 2 rings (SSSR count). The molecule has 1 aliphatic heterocycles. The molecule has 1 aliphatic rings. The van der Waals surface area contributed by atoms with Crippen LogP contribution >= 0.6 is 0 Å². The summed E-state index contributed by atoms with van der Waals surface area (Å²) in [6, 6.07) is 7.46. The van der Waals surface area contributed by atoms with Gasteiger partial charge < -0.3 is 15.2 Å². The fraction of sp³-hybridized carbons (Fsp3) is 0.467. The number of aryl methyl sites for hydroxylation is 1. The number of carbonyl (C=O) groups excluding carboxylic acids is 1. The largest absolute Gasteiger partial charge is 0.493 e. The molecule has 0 aliphatic carbocycles. The van der Waals surface area contributed by atoms with E-state index in [-0.39, 0.29) is 18.2 Å². The molecule has 2 N–H and O–H groups in total. The van der Waals surface area contributed by atoms with Crippen LogP contribution in [0, 0.1) is 5.92 Å². The Morgan fingerprint density at radius 1 is 1.35 bits per heavy atom. The van der Waals surface area contributed by atoms with Gasteiger partial charge in [-0.15, -0.1) is 0 Å². The molecule has 1 saturated heterocycles. The number of amides is 1. The molecular formula is C15H19NO4. The zero-order valence-electron chi connectivity index (χ0n) is 11.3. The second-order valence-corrected chi connectivity index (χ2v) is 5.06. The van der Waals surface area contributed by atoms with Gasteiger partial charge in [0.25, 0.3) is 0 Å². The van der Waals surface area contributed by atoms with E-state index in [1.165, 1.54) is 0 Å². The Labute approximate surface area is 117 Å². The predicted molar refractivity (Wildman–Crippen MR) is 73.6 cm³/mol. The van der Waals surface area contributed by atoms with E-state index >= 15 is 0 Å². The van der Waals surface area contributed by atoms with Gasteiger partial charge >= 0.3 is 5.97 Å². The maximum absolute atomic E-state index is 11.2. The fourth-order valence-corrected chi connectivity index (χ4v) is 2.21. The first kappa shape index (κ1) is 14.4. The van der Waals surface area contributed by atoms with Gasteiger partial charge in [-0.3, -0.25) is 9.59 Å². The van der Waals surface area contributed by atoms with E-state index in [1.54, 1.807) is 0 Å². The highest BCUT2D eigenvalue weighted by Crippen LogP contribution is 2.17. The smallest absolute Gasteiger partial charge is 0.303 e. The summed E-state index contributed by atoms with van der Waals surface area (Å²) in [5.41, 5.74) is 0.983. The Kier molecular flexibility index (Phi) is 4.98. The molecule has 108 valence electrons. The number of piperidine rings is 1. The van der Waals surface area contributed by atoms with E-state index in [0.717, 1.165) is 24.3 Å². The Hall–Kier alpha value is -2.04. The first-order valence-electron chi connectivity index (χ1n) is 6.83. The van der Waals surface area contributed by atoms with E-state index in [2.05, 4.69) is 5.32 Å². The van der Waals surface area contributed by atoms with Crippen LogP contribution in [0.15, 0.2) is 24.3 Å². The average Bonchev–Trinajstić information content (AvgIpc) is 2.44. The van der Waals surface area contributed by atoms with Gasteiger partial charge in [-0.2, -0.15) is 0 Å². The maximum Gasteiger partial charge on any atom is 0.303 e. The first-order valence-corrected chi connectivity index (χ1v) is 6.83. The molecule has 0 spiro atoms. The van der Waals surface area contributed by atoms with Crippen molar-refractivity contribution in [2.24, 2.45) is 5.92 Å². The number of carboxylic acid groups (broad SMARTS) is 1. The van der Waals surface area contributed by atoms with Crippen LogP contribution in [0.3, 0.4) is 0 Å². The zero-order valence-corrected chi connectivity index (χ0v) is 11.3. The SMILES string of the molecule is O=C(O)CCc1ccc(OCC2CCNC(=O)C2)cc1. The van der Waals surface area contributed by atoms with Gasteiger partial charge in [-0.05, 0) is 30.5 Å². The molecule has 1 unspecified atom stereocenters. The Balaban J connectivity index is 1.78.